The second-order valence-electron chi connectivity index (χ2n) is 9.24. The fourth-order valence-electron chi connectivity index (χ4n) is 5.05. The first-order valence-electron chi connectivity index (χ1n) is 12.5. The van der Waals surface area contributed by atoms with Gasteiger partial charge in [-0.1, -0.05) is 49.2 Å². The van der Waals surface area contributed by atoms with Crippen LogP contribution in [0.1, 0.15) is 44.9 Å². The van der Waals surface area contributed by atoms with E-state index >= 15 is 0 Å². The monoisotopic (exact) mass is 494 g/mol. The molecule has 6 nitrogen and oxygen atoms in total. The molecule has 0 spiro atoms. The highest BCUT2D eigenvalue weighted by molar-refractivity contribution is 7.99. The van der Waals surface area contributed by atoms with Gasteiger partial charge in [-0.3, -0.25) is 9.36 Å². The minimum atomic E-state index is -0.289. The Kier molecular flexibility index (Phi) is 7.79. The standard InChI is InChI=1S/C27H31FN4O2S/c28-21-15-13-20(14-16-21)26-29-30-27(31(26)18-24-12-7-17-34-24)35-19-25(33)32(22-8-3-1-4-9-22)23-10-5-2-6-11-23/h1,3-4,8-9,13-16,23-24H,2,5-7,10-12,17-19H2. The van der Waals surface area contributed by atoms with Gasteiger partial charge in [-0.2, -0.15) is 0 Å². The van der Waals surface area contributed by atoms with Gasteiger partial charge in [0.1, 0.15) is 5.82 Å². The largest absolute Gasteiger partial charge is 0.376 e. The molecule has 1 aliphatic carbocycles. The molecule has 35 heavy (non-hydrogen) atoms. The molecule has 1 atom stereocenters. The van der Waals surface area contributed by atoms with Crippen LogP contribution in [0, 0.1) is 5.82 Å². The molecule has 3 aromatic rings. The molecule has 1 unspecified atom stereocenters. The Morgan fingerprint density at radius 1 is 1.00 bits per heavy atom. The van der Waals surface area contributed by atoms with Crippen LogP contribution >= 0.6 is 11.8 Å². The Bertz CT molecular complexity index is 1110. The van der Waals surface area contributed by atoms with E-state index < -0.39 is 0 Å². The minimum Gasteiger partial charge on any atom is -0.376 e. The molecule has 1 aliphatic heterocycles. The molecule has 2 aromatic carbocycles. The SMILES string of the molecule is O=C(CSc1nnc(-c2ccc(F)cc2)n1CC1CCCO1)N(c1ccccc1)C1CCCCC1. The van der Waals surface area contributed by atoms with Gasteiger partial charge in [-0.05, 0) is 62.1 Å². The van der Waals surface area contributed by atoms with Crippen LogP contribution in [0.25, 0.3) is 11.4 Å². The summed E-state index contributed by atoms with van der Waals surface area (Å²) in [6, 6.07) is 16.5. The summed E-state index contributed by atoms with van der Waals surface area (Å²) in [6.07, 6.45) is 7.73. The van der Waals surface area contributed by atoms with Gasteiger partial charge in [0.25, 0.3) is 0 Å². The number of hydrogen-bond acceptors (Lipinski definition) is 5. The average molecular weight is 495 g/mol. The van der Waals surface area contributed by atoms with Crippen molar-refractivity contribution in [1.82, 2.24) is 14.8 Å². The van der Waals surface area contributed by atoms with Gasteiger partial charge < -0.3 is 9.64 Å². The van der Waals surface area contributed by atoms with Gasteiger partial charge in [0.15, 0.2) is 11.0 Å². The van der Waals surface area contributed by atoms with Crippen LogP contribution < -0.4 is 4.90 Å². The van der Waals surface area contributed by atoms with Crippen molar-refractivity contribution in [1.29, 1.82) is 0 Å². The highest BCUT2D eigenvalue weighted by Gasteiger charge is 2.28. The molecule has 2 fully saturated rings. The molecular weight excluding hydrogens is 463 g/mol. The van der Waals surface area contributed by atoms with Gasteiger partial charge in [0.05, 0.1) is 18.4 Å². The first kappa shape index (κ1) is 24.0. The minimum absolute atomic E-state index is 0.0862. The molecule has 1 aromatic heterocycles. The lowest BCUT2D eigenvalue weighted by atomic mass is 9.93. The maximum Gasteiger partial charge on any atom is 0.237 e. The molecule has 2 heterocycles. The van der Waals surface area contributed by atoms with Crippen molar-refractivity contribution >= 4 is 23.4 Å². The summed E-state index contributed by atoms with van der Waals surface area (Å²) in [5.74, 6) is 0.743. The van der Waals surface area contributed by atoms with Crippen LogP contribution in [-0.4, -0.2) is 45.2 Å². The molecule has 0 N–H and O–H groups in total. The van der Waals surface area contributed by atoms with Gasteiger partial charge >= 0.3 is 0 Å². The quantitative estimate of drug-likeness (QED) is 0.375. The molecule has 1 saturated carbocycles. The number of hydrogen-bond donors (Lipinski definition) is 0. The summed E-state index contributed by atoms with van der Waals surface area (Å²) in [5, 5.41) is 9.53. The highest BCUT2D eigenvalue weighted by Crippen LogP contribution is 2.30. The first-order chi connectivity index (χ1) is 17.2. The van der Waals surface area contributed by atoms with Crippen LogP contribution in [0.4, 0.5) is 10.1 Å². The second kappa shape index (κ2) is 11.4. The lowest BCUT2D eigenvalue weighted by Crippen LogP contribution is -2.42. The third kappa shape index (κ3) is 5.76. The van der Waals surface area contributed by atoms with E-state index in [0.717, 1.165) is 56.4 Å². The predicted molar refractivity (Wildman–Crippen MR) is 136 cm³/mol. The van der Waals surface area contributed by atoms with Crippen LogP contribution in [0.2, 0.25) is 0 Å². The van der Waals surface area contributed by atoms with Gasteiger partial charge in [0.2, 0.25) is 5.91 Å². The van der Waals surface area contributed by atoms with Crippen LogP contribution in [0.5, 0.6) is 0 Å². The summed E-state index contributed by atoms with van der Waals surface area (Å²) >= 11 is 1.41. The van der Waals surface area contributed by atoms with E-state index in [1.54, 1.807) is 12.1 Å². The predicted octanol–water partition coefficient (Wildman–Crippen LogP) is 5.72. The van der Waals surface area contributed by atoms with Crippen molar-refractivity contribution in [2.75, 3.05) is 17.3 Å². The number of amides is 1. The zero-order chi connectivity index (χ0) is 24.0. The van der Waals surface area contributed by atoms with E-state index in [2.05, 4.69) is 10.2 Å². The van der Waals surface area contributed by atoms with Crippen LogP contribution in [-0.2, 0) is 16.1 Å². The molecule has 8 heteroatoms. The molecule has 184 valence electrons. The number of rotatable bonds is 8. The summed E-state index contributed by atoms with van der Waals surface area (Å²) in [4.78, 5) is 15.6. The third-order valence-corrected chi connectivity index (χ3v) is 7.75. The van der Waals surface area contributed by atoms with E-state index in [-0.39, 0.29) is 29.6 Å². The molecule has 1 saturated heterocycles. The number of nitrogens with zero attached hydrogens (tertiary/aromatic N) is 4. The molecule has 5 rings (SSSR count). The number of anilines is 1. The van der Waals surface area contributed by atoms with Crippen molar-refractivity contribution in [2.24, 2.45) is 0 Å². The number of carbonyl (C=O) groups excluding carboxylic acids is 1. The zero-order valence-corrected chi connectivity index (χ0v) is 20.6. The van der Waals surface area contributed by atoms with E-state index in [1.165, 1.54) is 30.3 Å². The van der Waals surface area contributed by atoms with Crippen LogP contribution in [0.15, 0.2) is 59.8 Å². The molecular formula is C27H31FN4O2S. The summed E-state index contributed by atoms with van der Waals surface area (Å²) in [5.41, 5.74) is 1.75. The first-order valence-corrected chi connectivity index (χ1v) is 13.5. The van der Waals surface area contributed by atoms with Gasteiger partial charge in [0, 0.05) is 23.9 Å². The van der Waals surface area contributed by atoms with Crippen molar-refractivity contribution in [2.45, 2.75) is 68.8 Å². The Morgan fingerprint density at radius 2 is 1.77 bits per heavy atom. The van der Waals surface area contributed by atoms with Crippen LogP contribution in [0.3, 0.4) is 0 Å². The van der Waals surface area contributed by atoms with Gasteiger partial charge in [-0.25, -0.2) is 4.39 Å². The molecule has 0 radical (unpaired) electrons. The number of carbonyl (C=O) groups is 1. The molecule has 1 amide bonds. The number of halogens is 1. The Balaban J connectivity index is 1.37. The van der Waals surface area contributed by atoms with Crippen molar-refractivity contribution in [3.8, 4) is 11.4 Å². The lowest BCUT2D eigenvalue weighted by molar-refractivity contribution is -0.116. The van der Waals surface area contributed by atoms with Crippen molar-refractivity contribution < 1.29 is 13.9 Å². The van der Waals surface area contributed by atoms with Crippen molar-refractivity contribution in [3.63, 3.8) is 0 Å². The Labute approximate surface area is 209 Å². The van der Waals surface area contributed by atoms with E-state index in [9.17, 15) is 9.18 Å². The van der Waals surface area contributed by atoms with E-state index in [1.807, 2.05) is 39.8 Å². The Hall–Kier alpha value is -2.71. The fraction of sp³-hybridized carbons (Fsp3) is 0.444. The molecule has 0 bridgehead atoms. The van der Waals surface area contributed by atoms with E-state index in [0.29, 0.717) is 17.5 Å². The lowest BCUT2D eigenvalue weighted by Gasteiger charge is -2.34. The number of ether oxygens (including phenoxy) is 1. The fourth-order valence-corrected chi connectivity index (χ4v) is 5.85. The maximum atomic E-state index is 13.6. The van der Waals surface area contributed by atoms with Crippen molar-refractivity contribution in [3.05, 3.63) is 60.4 Å². The second-order valence-corrected chi connectivity index (χ2v) is 10.2. The number of para-hydroxylation sites is 1. The number of aromatic nitrogens is 3. The summed E-state index contributed by atoms with van der Waals surface area (Å²) in [7, 11) is 0. The number of benzene rings is 2. The summed E-state index contributed by atoms with van der Waals surface area (Å²) in [6.45, 7) is 1.37. The highest BCUT2D eigenvalue weighted by atomic mass is 32.2. The number of thioether (sulfide) groups is 1. The smallest absolute Gasteiger partial charge is 0.237 e. The maximum absolute atomic E-state index is 13.6. The Morgan fingerprint density at radius 3 is 2.49 bits per heavy atom. The topological polar surface area (TPSA) is 60.3 Å². The molecule has 2 aliphatic rings. The third-order valence-electron chi connectivity index (χ3n) is 6.80. The normalized spacial score (nSPS) is 18.6. The summed E-state index contributed by atoms with van der Waals surface area (Å²) < 4.78 is 21.4. The van der Waals surface area contributed by atoms with Gasteiger partial charge in [-0.15, -0.1) is 10.2 Å². The average Bonchev–Trinajstić information content (AvgIpc) is 3.55. The van der Waals surface area contributed by atoms with E-state index in [4.69, 9.17) is 4.74 Å². The zero-order valence-electron chi connectivity index (χ0n) is 19.8.